The van der Waals surface area contributed by atoms with Gasteiger partial charge in [0.25, 0.3) is 0 Å². The van der Waals surface area contributed by atoms with Gasteiger partial charge in [-0.3, -0.25) is 14.9 Å². The average molecular weight is 356 g/mol. The SMILES string of the molecule is COc1nn(C(C)C(=O)Nc2ccccc2OC(F)F)cc1[N+](=O)[O-]. The molecule has 0 radical (unpaired) electrons. The normalized spacial score (nSPS) is 11.9. The van der Waals surface area contributed by atoms with Gasteiger partial charge >= 0.3 is 18.2 Å². The monoisotopic (exact) mass is 356 g/mol. The van der Waals surface area contributed by atoms with Crippen LogP contribution in [0.5, 0.6) is 11.6 Å². The Bertz CT molecular complexity index is 780. The van der Waals surface area contributed by atoms with Crippen LogP contribution in [0, 0.1) is 10.1 Å². The van der Waals surface area contributed by atoms with Gasteiger partial charge in [-0.25, -0.2) is 4.68 Å². The predicted octanol–water partition coefficient (Wildman–Crippen LogP) is 2.60. The van der Waals surface area contributed by atoms with Crippen LogP contribution in [0.4, 0.5) is 20.2 Å². The maximum absolute atomic E-state index is 12.4. The summed E-state index contributed by atoms with van der Waals surface area (Å²) >= 11 is 0. The summed E-state index contributed by atoms with van der Waals surface area (Å²) in [7, 11) is 1.21. The quantitative estimate of drug-likeness (QED) is 0.603. The number of carbonyl (C=O) groups excluding carboxylic acids is 1. The summed E-state index contributed by atoms with van der Waals surface area (Å²) < 4.78 is 35.0. The molecule has 11 heteroatoms. The van der Waals surface area contributed by atoms with E-state index in [-0.39, 0.29) is 17.3 Å². The Hall–Kier alpha value is -3.24. The number of nitrogens with zero attached hydrogens (tertiary/aromatic N) is 3. The third kappa shape index (κ3) is 4.19. The fraction of sp³-hybridized carbons (Fsp3) is 0.286. The van der Waals surface area contributed by atoms with Crippen molar-refractivity contribution in [2.45, 2.75) is 19.6 Å². The zero-order valence-electron chi connectivity index (χ0n) is 13.2. The summed E-state index contributed by atoms with van der Waals surface area (Å²) in [6.45, 7) is -1.62. The zero-order valence-corrected chi connectivity index (χ0v) is 13.2. The molecular formula is C14H14F2N4O5. The molecule has 0 spiro atoms. The minimum Gasteiger partial charge on any atom is -0.475 e. The molecule has 0 aliphatic rings. The molecule has 9 nitrogen and oxygen atoms in total. The van der Waals surface area contributed by atoms with Gasteiger partial charge in [-0.1, -0.05) is 12.1 Å². The first-order valence-corrected chi connectivity index (χ1v) is 6.95. The number of alkyl halides is 2. The van der Waals surface area contributed by atoms with E-state index in [1.54, 1.807) is 0 Å². The number of para-hydroxylation sites is 2. The van der Waals surface area contributed by atoms with Crippen LogP contribution in [0.25, 0.3) is 0 Å². The molecule has 0 fully saturated rings. The van der Waals surface area contributed by atoms with Crippen molar-refractivity contribution >= 4 is 17.3 Å². The van der Waals surface area contributed by atoms with E-state index >= 15 is 0 Å². The number of anilines is 1. The summed E-state index contributed by atoms with van der Waals surface area (Å²) in [6, 6.07) is 4.68. The molecule has 0 aliphatic heterocycles. The highest BCUT2D eigenvalue weighted by atomic mass is 19.3. The number of methoxy groups -OCH3 is 1. The molecule has 1 heterocycles. The van der Waals surface area contributed by atoms with E-state index in [1.807, 2.05) is 0 Å². The van der Waals surface area contributed by atoms with Gasteiger partial charge in [-0.2, -0.15) is 8.78 Å². The fourth-order valence-electron chi connectivity index (χ4n) is 1.96. The van der Waals surface area contributed by atoms with Crippen molar-refractivity contribution in [3.63, 3.8) is 0 Å². The van der Waals surface area contributed by atoms with E-state index in [0.29, 0.717) is 0 Å². The van der Waals surface area contributed by atoms with Crippen LogP contribution < -0.4 is 14.8 Å². The first kappa shape index (κ1) is 18.1. The lowest BCUT2D eigenvalue weighted by Gasteiger charge is -2.15. The molecular weight excluding hydrogens is 342 g/mol. The van der Waals surface area contributed by atoms with Crippen molar-refractivity contribution in [3.8, 4) is 11.6 Å². The summed E-state index contributed by atoms with van der Waals surface area (Å²) in [5.74, 6) is -1.08. The fourth-order valence-corrected chi connectivity index (χ4v) is 1.96. The predicted molar refractivity (Wildman–Crippen MR) is 81.8 cm³/mol. The molecule has 1 amide bonds. The van der Waals surface area contributed by atoms with Gasteiger partial charge < -0.3 is 14.8 Å². The van der Waals surface area contributed by atoms with Gasteiger partial charge in [0.1, 0.15) is 18.0 Å². The van der Waals surface area contributed by atoms with Gasteiger partial charge in [-0.05, 0) is 19.1 Å². The van der Waals surface area contributed by atoms with E-state index in [9.17, 15) is 23.7 Å². The number of carbonyl (C=O) groups is 1. The highest BCUT2D eigenvalue weighted by Crippen LogP contribution is 2.28. The molecule has 134 valence electrons. The number of rotatable bonds is 7. The number of hydrogen-bond donors (Lipinski definition) is 1. The van der Waals surface area contributed by atoms with Gasteiger partial charge in [0.05, 0.1) is 17.7 Å². The lowest BCUT2D eigenvalue weighted by Crippen LogP contribution is -2.24. The second-order valence-corrected chi connectivity index (χ2v) is 4.80. The van der Waals surface area contributed by atoms with Crippen molar-refractivity contribution in [2.75, 3.05) is 12.4 Å². The highest BCUT2D eigenvalue weighted by molar-refractivity contribution is 5.94. The molecule has 0 bridgehead atoms. The number of hydrogen-bond acceptors (Lipinski definition) is 6. The molecule has 0 aliphatic carbocycles. The molecule has 1 N–H and O–H groups in total. The molecule has 1 aromatic heterocycles. The van der Waals surface area contributed by atoms with Gasteiger partial charge in [0.2, 0.25) is 5.91 Å². The number of nitro groups is 1. The van der Waals surface area contributed by atoms with Gasteiger partial charge in [0, 0.05) is 0 Å². The summed E-state index contributed by atoms with van der Waals surface area (Å²) in [4.78, 5) is 22.5. The first-order chi connectivity index (χ1) is 11.8. The number of aromatic nitrogens is 2. The largest absolute Gasteiger partial charge is 0.475 e. The van der Waals surface area contributed by atoms with Crippen LogP contribution in [-0.4, -0.2) is 34.3 Å². The second-order valence-electron chi connectivity index (χ2n) is 4.80. The van der Waals surface area contributed by atoms with Gasteiger partial charge in [-0.15, -0.1) is 5.10 Å². The molecule has 1 unspecified atom stereocenters. The number of benzene rings is 1. The van der Waals surface area contributed by atoms with Crippen LogP contribution in [-0.2, 0) is 4.79 Å². The minimum atomic E-state index is -3.05. The van der Waals surface area contributed by atoms with Crippen LogP contribution >= 0.6 is 0 Å². The van der Waals surface area contributed by atoms with E-state index < -0.39 is 29.2 Å². The lowest BCUT2D eigenvalue weighted by atomic mass is 10.2. The molecule has 0 saturated carbocycles. The summed E-state index contributed by atoms with van der Waals surface area (Å²) in [6.07, 6.45) is 1.05. The molecule has 25 heavy (non-hydrogen) atoms. The van der Waals surface area contributed by atoms with Crippen LogP contribution in [0.3, 0.4) is 0 Å². The van der Waals surface area contributed by atoms with Crippen LogP contribution in [0.15, 0.2) is 30.5 Å². The maximum Gasteiger partial charge on any atom is 0.387 e. The van der Waals surface area contributed by atoms with Crippen molar-refractivity contribution in [1.82, 2.24) is 9.78 Å². The van der Waals surface area contributed by atoms with Crippen molar-refractivity contribution in [2.24, 2.45) is 0 Å². The van der Waals surface area contributed by atoms with Crippen molar-refractivity contribution < 1.29 is 28.0 Å². The van der Waals surface area contributed by atoms with E-state index in [1.165, 1.54) is 38.3 Å². The van der Waals surface area contributed by atoms with Gasteiger partial charge in [0.15, 0.2) is 0 Å². The summed E-state index contributed by atoms with van der Waals surface area (Å²) in [5, 5.41) is 17.2. The molecule has 1 atom stereocenters. The van der Waals surface area contributed by atoms with Crippen molar-refractivity contribution in [3.05, 3.63) is 40.6 Å². The molecule has 2 rings (SSSR count). The topological polar surface area (TPSA) is 109 Å². The van der Waals surface area contributed by atoms with E-state index in [2.05, 4.69) is 15.2 Å². The zero-order chi connectivity index (χ0) is 18.6. The number of halogens is 2. The van der Waals surface area contributed by atoms with Crippen molar-refractivity contribution in [1.29, 1.82) is 0 Å². The Kier molecular flexibility index (Phi) is 5.47. The smallest absolute Gasteiger partial charge is 0.387 e. The Morgan fingerprint density at radius 1 is 1.40 bits per heavy atom. The number of nitrogens with one attached hydrogen (secondary N) is 1. The third-order valence-corrected chi connectivity index (χ3v) is 3.21. The summed E-state index contributed by atoms with van der Waals surface area (Å²) in [5.41, 5.74) is -0.364. The average Bonchev–Trinajstić information content (AvgIpc) is 3.00. The van der Waals surface area contributed by atoms with E-state index in [0.717, 1.165) is 10.9 Å². The highest BCUT2D eigenvalue weighted by Gasteiger charge is 2.25. The standard InChI is InChI=1S/C14H14F2N4O5/c1-8(19-7-10(20(22)23)13(18-19)24-2)12(21)17-9-5-3-4-6-11(9)25-14(15)16/h3-8,14H,1-2H3,(H,17,21). The Morgan fingerprint density at radius 2 is 2.08 bits per heavy atom. The Balaban J connectivity index is 2.20. The number of amides is 1. The van der Waals surface area contributed by atoms with Crippen LogP contribution in [0.2, 0.25) is 0 Å². The third-order valence-electron chi connectivity index (χ3n) is 3.21. The lowest BCUT2D eigenvalue weighted by molar-refractivity contribution is -0.385. The maximum atomic E-state index is 12.4. The van der Waals surface area contributed by atoms with Crippen LogP contribution in [0.1, 0.15) is 13.0 Å². The Labute approximate surface area is 140 Å². The Morgan fingerprint density at radius 3 is 2.64 bits per heavy atom. The number of ether oxygens (including phenoxy) is 2. The minimum absolute atomic E-state index is 0.0354. The second kappa shape index (κ2) is 7.55. The molecule has 1 aromatic carbocycles. The molecule has 0 saturated heterocycles. The van der Waals surface area contributed by atoms with E-state index in [4.69, 9.17) is 4.74 Å². The molecule has 2 aromatic rings. The first-order valence-electron chi connectivity index (χ1n) is 6.95.